The molecule has 1 saturated heterocycles. The van der Waals surface area contributed by atoms with Gasteiger partial charge in [0.25, 0.3) is 5.91 Å². The molecule has 0 aromatic heterocycles. The van der Waals surface area contributed by atoms with Crippen LogP contribution in [0.15, 0.2) is 47.4 Å². The largest absolute Gasteiger partial charge is 0.489 e. The Balaban J connectivity index is 1.81. The van der Waals surface area contributed by atoms with E-state index >= 15 is 0 Å². The summed E-state index contributed by atoms with van der Waals surface area (Å²) < 4.78 is 37.9. The van der Waals surface area contributed by atoms with Crippen LogP contribution >= 0.6 is 23.2 Å². The first kappa shape index (κ1) is 24.8. The molecule has 0 aliphatic carbocycles. The molecule has 2 unspecified atom stereocenters. The van der Waals surface area contributed by atoms with E-state index in [1.807, 2.05) is 0 Å². The Kier molecular flexibility index (Phi) is 7.38. The number of halogens is 2. The average molecular weight is 504 g/mol. The summed E-state index contributed by atoms with van der Waals surface area (Å²) >= 11 is 12.0. The number of benzene rings is 2. The van der Waals surface area contributed by atoms with Gasteiger partial charge in [-0.2, -0.15) is 0 Å². The molecule has 1 fully saturated rings. The highest BCUT2D eigenvalue weighted by Gasteiger charge is 2.51. The van der Waals surface area contributed by atoms with Crippen LogP contribution in [0.1, 0.15) is 25.8 Å². The summed E-state index contributed by atoms with van der Waals surface area (Å²) in [4.78, 5) is 12.4. The van der Waals surface area contributed by atoms with Crippen molar-refractivity contribution in [2.24, 2.45) is 5.92 Å². The maximum absolute atomic E-state index is 13.3. The fourth-order valence-corrected chi connectivity index (χ4v) is 6.29. The molecule has 0 spiro atoms. The van der Waals surface area contributed by atoms with Crippen molar-refractivity contribution < 1.29 is 33.1 Å². The van der Waals surface area contributed by atoms with Crippen molar-refractivity contribution in [3.8, 4) is 5.75 Å². The number of hydrogen-bond donors (Lipinski definition) is 2. The topological polar surface area (TPSA) is 113 Å². The Morgan fingerprint density at radius 1 is 1.19 bits per heavy atom. The van der Waals surface area contributed by atoms with E-state index in [-0.39, 0.29) is 24.5 Å². The standard InChI is InChI=1S/C21H23Cl2NO7S/c1-21(2)19(20(25)24(26)27)18(9-10-31-21)32(28,29)16-7-5-15(6-8-16)30-12-13-3-4-14(22)11-17(13)23/h3-8,11,18-19,26-27H,9-10,12H2,1-2H3. The summed E-state index contributed by atoms with van der Waals surface area (Å²) in [6.07, 6.45) is 0.0311. The monoisotopic (exact) mass is 503 g/mol. The number of carbonyl (C=O) groups excluding carboxylic acids is 1. The molecule has 2 N–H and O–H groups in total. The zero-order chi connectivity index (χ0) is 23.7. The third-order valence-electron chi connectivity index (χ3n) is 5.42. The van der Waals surface area contributed by atoms with Crippen LogP contribution < -0.4 is 4.74 Å². The maximum atomic E-state index is 13.3. The molecule has 8 nitrogen and oxygen atoms in total. The SMILES string of the molecule is CC1(C)OCCC(S(=O)(=O)c2ccc(OCc3ccc(Cl)cc3Cl)cc2)C1C(=O)N(O)O. The second-order valence-corrected chi connectivity index (χ2v) is 10.9. The van der Waals surface area contributed by atoms with E-state index in [9.17, 15) is 23.6 Å². The fourth-order valence-electron chi connectivity index (χ4n) is 3.76. The van der Waals surface area contributed by atoms with Crippen molar-refractivity contribution in [1.29, 1.82) is 0 Å². The fraction of sp³-hybridized carbons (Fsp3) is 0.381. The van der Waals surface area contributed by atoms with E-state index < -0.39 is 37.7 Å². The van der Waals surface area contributed by atoms with Crippen molar-refractivity contribution in [2.45, 2.75) is 42.6 Å². The molecule has 11 heteroatoms. The summed E-state index contributed by atoms with van der Waals surface area (Å²) in [7, 11) is -4.00. The van der Waals surface area contributed by atoms with Crippen molar-refractivity contribution in [3.63, 3.8) is 0 Å². The summed E-state index contributed by atoms with van der Waals surface area (Å²) in [5, 5.41) is 17.7. The molecule has 2 atom stereocenters. The van der Waals surface area contributed by atoms with Gasteiger partial charge in [-0.05, 0) is 56.7 Å². The number of rotatable bonds is 6. The van der Waals surface area contributed by atoms with Crippen LogP contribution in [-0.2, 0) is 26.0 Å². The van der Waals surface area contributed by atoms with Crippen molar-refractivity contribution >= 4 is 38.9 Å². The number of carbonyl (C=O) groups is 1. The van der Waals surface area contributed by atoms with E-state index in [0.29, 0.717) is 15.8 Å². The molecule has 3 rings (SSSR count). The van der Waals surface area contributed by atoms with Crippen molar-refractivity contribution in [3.05, 3.63) is 58.1 Å². The highest BCUT2D eigenvalue weighted by molar-refractivity contribution is 7.92. The van der Waals surface area contributed by atoms with Gasteiger partial charge in [-0.15, -0.1) is 0 Å². The molecule has 1 heterocycles. The van der Waals surface area contributed by atoms with E-state index in [0.717, 1.165) is 5.56 Å². The molecular formula is C21H23Cl2NO7S. The van der Waals surface area contributed by atoms with Gasteiger partial charge in [0.05, 0.1) is 21.7 Å². The second kappa shape index (κ2) is 9.54. The van der Waals surface area contributed by atoms with E-state index in [1.165, 1.54) is 24.3 Å². The Bertz CT molecular complexity index is 1090. The lowest BCUT2D eigenvalue weighted by Crippen LogP contribution is -2.56. The molecular weight excluding hydrogens is 481 g/mol. The molecule has 1 aliphatic heterocycles. The van der Waals surface area contributed by atoms with Gasteiger partial charge in [-0.1, -0.05) is 34.5 Å². The predicted molar refractivity (Wildman–Crippen MR) is 117 cm³/mol. The lowest BCUT2D eigenvalue weighted by molar-refractivity contribution is -0.293. The van der Waals surface area contributed by atoms with Gasteiger partial charge in [-0.25, -0.2) is 8.42 Å². The zero-order valence-electron chi connectivity index (χ0n) is 17.4. The molecule has 0 bridgehead atoms. The minimum absolute atomic E-state index is 0.0164. The van der Waals surface area contributed by atoms with Crippen LogP contribution in [0.25, 0.3) is 0 Å². The highest BCUT2D eigenvalue weighted by Crippen LogP contribution is 2.38. The van der Waals surface area contributed by atoms with Gasteiger partial charge < -0.3 is 9.47 Å². The Morgan fingerprint density at radius 3 is 2.44 bits per heavy atom. The third kappa shape index (κ3) is 5.19. The van der Waals surface area contributed by atoms with Crippen LogP contribution in [-0.4, -0.2) is 47.4 Å². The third-order valence-corrected chi connectivity index (χ3v) is 8.24. The number of nitrogens with zero attached hydrogens (tertiary/aromatic N) is 1. The molecule has 32 heavy (non-hydrogen) atoms. The van der Waals surface area contributed by atoms with Gasteiger partial charge >= 0.3 is 0 Å². The summed E-state index contributed by atoms with van der Waals surface area (Å²) in [5.41, 5.74) is -0.492. The Labute approximate surface area is 196 Å². The first-order valence-corrected chi connectivity index (χ1v) is 12.0. The zero-order valence-corrected chi connectivity index (χ0v) is 19.7. The Hall–Kier alpha value is -1.88. The summed E-state index contributed by atoms with van der Waals surface area (Å²) in [5.74, 6) is -2.03. The average Bonchev–Trinajstić information content (AvgIpc) is 2.72. The van der Waals surface area contributed by atoms with Gasteiger partial charge in [0, 0.05) is 22.2 Å². The minimum atomic E-state index is -4.00. The summed E-state index contributed by atoms with van der Waals surface area (Å²) in [6.45, 7) is 3.36. The molecule has 1 amide bonds. The van der Waals surface area contributed by atoms with Gasteiger partial charge in [0.15, 0.2) is 9.84 Å². The van der Waals surface area contributed by atoms with Crippen LogP contribution in [0.2, 0.25) is 10.0 Å². The predicted octanol–water partition coefficient (Wildman–Crippen LogP) is 4.14. The smallest absolute Gasteiger partial charge is 0.280 e. The van der Waals surface area contributed by atoms with Crippen LogP contribution in [0, 0.1) is 5.92 Å². The lowest BCUT2D eigenvalue weighted by atomic mass is 9.83. The maximum Gasteiger partial charge on any atom is 0.280 e. The molecule has 0 radical (unpaired) electrons. The van der Waals surface area contributed by atoms with Gasteiger partial charge in [0.2, 0.25) is 0 Å². The van der Waals surface area contributed by atoms with Gasteiger partial charge in [0.1, 0.15) is 12.4 Å². The number of hydrogen-bond acceptors (Lipinski definition) is 7. The normalized spacial score (nSPS) is 20.6. The minimum Gasteiger partial charge on any atom is -0.489 e. The Morgan fingerprint density at radius 2 is 1.84 bits per heavy atom. The second-order valence-electron chi connectivity index (χ2n) is 7.93. The highest BCUT2D eigenvalue weighted by atomic mass is 35.5. The van der Waals surface area contributed by atoms with E-state index in [2.05, 4.69) is 0 Å². The number of hydroxylamine groups is 2. The van der Waals surface area contributed by atoms with Crippen molar-refractivity contribution in [2.75, 3.05) is 6.61 Å². The first-order valence-electron chi connectivity index (χ1n) is 9.70. The number of ether oxygens (including phenoxy) is 2. The van der Waals surface area contributed by atoms with E-state index in [4.69, 9.17) is 32.7 Å². The molecule has 174 valence electrons. The summed E-state index contributed by atoms with van der Waals surface area (Å²) in [6, 6.07) is 10.8. The number of sulfone groups is 1. The van der Waals surface area contributed by atoms with Crippen LogP contribution in [0.4, 0.5) is 0 Å². The van der Waals surface area contributed by atoms with Crippen LogP contribution in [0.3, 0.4) is 0 Å². The first-order chi connectivity index (χ1) is 14.9. The molecule has 1 aliphatic rings. The van der Waals surface area contributed by atoms with Gasteiger partial charge in [-0.3, -0.25) is 15.2 Å². The van der Waals surface area contributed by atoms with Crippen molar-refractivity contribution in [1.82, 2.24) is 5.23 Å². The lowest BCUT2D eigenvalue weighted by Gasteiger charge is -2.42. The molecule has 2 aromatic rings. The quantitative estimate of drug-likeness (QED) is 0.449. The van der Waals surface area contributed by atoms with Crippen LogP contribution in [0.5, 0.6) is 5.75 Å². The number of amides is 1. The molecule has 0 saturated carbocycles. The molecule has 2 aromatic carbocycles. The van der Waals surface area contributed by atoms with E-state index in [1.54, 1.807) is 32.0 Å².